The average molecular weight is 366 g/mol. The van der Waals surface area contributed by atoms with Gasteiger partial charge in [-0.2, -0.15) is 0 Å². The highest BCUT2D eigenvalue weighted by atomic mass is 32.1. The minimum atomic E-state index is -0.533. The highest BCUT2D eigenvalue weighted by Gasteiger charge is 2.25. The van der Waals surface area contributed by atoms with Crippen LogP contribution in [0.3, 0.4) is 0 Å². The first kappa shape index (κ1) is 17.2. The molecule has 134 valence electrons. The molecule has 3 aromatic rings. The van der Waals surface area contributed by atoms with Gasteiger partial charge in [-0.25, -0.2) is 4.98 Å². The summed E-state index contributed by atoms with van der Waals surface area (Å²) in [4.78, 5) is 32.6. The van der Waals surface area contributed by atoms with E-state index in [9.17, 15) is 9.59 Å². The number of Topliss-reactive ketones (excluding diaryl/α,β-unsaturated/α-hetero) is 1. The lowest BCUT2D eigenvalue weighted by Gasteiger charge is -2.18. The van der Waals surface area contributed by atoms with Crippen molar-refractivity contribution in [1.29, 1.82) is 0 Å². The number of carbonyl (C=O) groups excluding carboxylic acids is 1. The molecule has 0 radical (unpaired) electrons. The monoisotopic (exact) mass is 366 g/mol. The van der Waals surface area contributed by atoms with Crippen LogP contribution < -0.4 is 5.56 Å². The van der Waals surface area contributed by atoms with Gasteiger partial charge in [0.25, 0.3) is 5.56 Å². The summed E-state index contributed by atoms with van der Waals surface area (Å²) in [7, 11) is 0. The van der Waals surface area contributed by atoms with Crippen LogP contribution in [0, 0.1) is 6.92 Å². The Hall–Kier alpha value is -2.27. The van der Waals surface area contributed by atoms with Gasteiger partial charge in [0.1, 0.15) is 10.7 Å². The van der Waals surface area contributed by atoms with Crippen molar-refractivity contribution in [2.45, 2.75) is 52.5 Å². The zero-order chi connectivity index (χ0) is 18.4. The molecule has 0 aliphatic heterocycles. The zero-order valence-electron chi connectivity index (χ0n) is 15.3. The summed E-state index contributed by atoms with van der Waals surface area (Å²) in [5, 5.41) is 0.731. The predicted octanol–water partition coefficient (Wildman–Crippen LogP) is 4.46. The van der Waals surface area contributed by atoms with E-state index in [1.165, 1.54) is 18.2 Å². The average Bonchev–Trinajstić information content (AvgIpc) is 2.99. The van der Waals surface area contributed by atoms with Gasteiger partial charge in [-0.05, 0) is 58.1 Å². The van der Waals surface area contributed by atoms with E-state index in [0.717, 1.165) is 46.2 Å². The highest BCUT2D eigenvalue weighted by molar-refractivity contribution is 7.18. The Labute approximate surface area is 156 Å². The van der Waals surface area contributed by atoms with E-state index < -0.39 is 6.04 Å². The summed E-state index contributed by atoms with van der Waals surface area (Å²) in [5.41, 5.74) is 3.07. The van der Waals surface area contributed by atoms with Crippen LogP contribution in [0.2, 0.25) is 0 Å². The lowest BCUT2D eigenvalue weighted by Crippen LogP contribution is -2.30. The molecule has 2 aromatic heterocycles. The van der Waals surface area contributed by atoms with Gasteiger partial charge in [-0.15, -0.1) is 11.3 Å². The van der Waals surface area contributed by atoms with Crippen LogP contribution in [0.1, 0.15) is 48.7 Å². The lowest BCUT2D eigenvalue weighted by molar-refractivity contribution is -0.119. The molecular weight excluding hydrogens is 344 g/mol. The Morgan fingerprint density at radius 2 is 2.04 bits per heavy atom. The van der Waals surface area contributed by atoms with Crippen molar-refractivity contribution in [2.24, 2.45) is 0 Å². The molecule has 0 saturated carbocycles. The van der Waals surface area contributed by atoms with Gasteiger partial charge in [0.05, 0.1) is 11.4 Å². The number of hydrogen-bond acceptors (Lipinski definition) is 4. The second kappa shape index (κ2) is 6.47. The Morgan fingerprint density at radius 1 is 1.27 bits per heavy atom. The van der Waals surface area contributed by atoms with Crippen molar-refractivity contribution < 1.29 is 4.79 Å². The highest BCUT2D eigenvalue weighted by Crippen LogP contribution is 2.35. The van der Waals surface area contributed by atoms with E-state index in [0.29, 0.717) is 5.82 Å². The van der Waals surface area contributed by atoms with E-state index in [1.807, 2.05) is 31.2 Å². The van der Waals surface area contributed by atoms with Crippen molar-refractivity contribution in [3.63, 3.8) is 0 Å². The molecule has 0 bridgehead atoms. The maximum Gasteiger partial charge on any atom is 0.263 e. The van der Waals surface area contributed by atoms with Crippen LogP contribution in [0.15, 0.2) is 29.1 Å². The number of benzene rings is 1. The van der Waals surface area contributed by atoms with Gasteiger partial charge < -0.3 is 0 Å². The van der Waals surface area contributed by atoms with Crippen LogP contribution in [0.4, 0.5) is 0 Å². The molecule has 1 aliphatic carbocycles. The van der Waals surface area contributed by atoms with Crippen LogP contribution in [-0.2, 0) is 17.6 Å². The lowest BCUT2D eigenvalue weighted by atomic mass is 9.97. The first-order chi connectivity index (χ1) is 12.5. The van der Waals surface area contributed by atoms with E-state index in [-0.39, 0.29) is 11.3 Å². The summed E-state index contributed by atoms with van der Waals surface area (Å²) < 4.78 is 1.60. The van der Waals surface area contributed by atoms with Crippen molar-refractivity contribution in [3.05, 3.63) is 50.6 Å². The predicted molar refractivity (Wildman–Crippen MR) is 106 cm³/mol. The molecule has 1 aromatic carbocycles. The van der Waals surface area contributed by atoms with Gasteiger partial charge in [0.2, 0.25) is 0 Å². The first-order valence-electron chi connectivity index (χ1n) is 9.11. The number of ketones is 1. The Balaban J connectivity index is 2.08. The van der Waals surface area contributed by atoms with E-state index in [4.69, 9.17) is 4.98 Å². The van der Waals surface area contributed by atoms with Gasteiger partial charge >= 0.3 is 0 Å². The minimum Gasteiger partial charge on any atom is -0.298 e. The molecule has 2 heterocycles. The van der Waals surface area contributed by atoms with Crippen molar-refractivity contribution in [2.75, 3.05) is 0 Å². The van der Waals surface area contributed by atoms with Gasteiger partial charge in [-0.1, -0.05) is 23.8 Å². The maximum absolute atomic E-state index is 13.5. The number of nitrogens with zero attached hydrogens (tertiary/aromatic N) is 2. The topological polar surface area (TPSA) is 52.0 Å². The number of hydrogen-bond donors (Lipinski definition) is 0. The van der Waals surface area contributed by atoms with Gasteiger partial charge in [0.15, 0.2) is 5.78 Å². The van der Waals surface area contributed by atoms with Crippen LogP contribution in [0.5, 0.6) is 0 Å². The fourth-order valence-electron chi connectivity index (χ4n) is 3.75. The number of carbonyl (C=O) groups is 1. The fraction of sp³-hybridized carbons (Fsp3) is 0.381. The zero-order valence-corrected chi connectivity index (χ0v) is 16.2. The molecule has 0 amide bonds. The summed E-state index contributed by atoms with van der Waals surface area (Å²) >= 11 is 1.65. The minimum absolute atomic E-state index is 0.0359. The fourth-order valence-corrected chi connectivity index (χ4v) is 5.00. The third-order valence-electron chi connectivity index (χ3n) is 5.27. The number of fused-ring (bicyclic) bond motifs is 3. The summed E-state index contributed by atoms with van der Waals surface area (Å²) in [6.07, 6.45) is 4.24. The summed E-state index contributed by atoms with van der Waals surface area (Å²) in [6, 6.07) is 7.42. The summed E-state index contributed by atoms with van der Waals surface area (Å²) in [5.74, 6) is 0.554. The molecular formula is C21H22N2O2S. The summed E-state index contributed by atoms with van der Waals surface area (Å²) in [6.45, 7) is 5.34. The van der Waals surface area contributed by atoms with Crippen molar-refractivity contribution in [1.82, 2.24) is 9.55 Å². The third-order valence-corrected chi connectivity index (χ3v) is 6.46. The first-order valence-corrected chi connectivity index (χ1v) is 9.93. The van der Waals surface area contributed by atoms with Crippen LogP contribution in [0.25, 0.3) is 21.6 Å². The van der Waals surface area contributed by atoms with E-state index >= 15 is 0 Å². The number of aryl methyl sites for hydroxylation is 3. The smallest absolute Gasteiger partial charge is 0.263 e. The van der Waals surface area contributed by atoms with Crippen molar-refractivity contribution in [3.8, 4) is 11.4 Å². The number of thiophene rings is 1. The van der Waals surface area contributed by atoms with Gasteiger partial charge in [0, 0.05) is 10.4 Å². The molecule has 0 fully saturated rings. The second-order valence-corrected chi connectivity index (χ2v) is 8.24. The molecule has 4 rings (SSSR count). The molecule has 1 aliphatic rings. The number of aromatic nitrogens is 2. The second-order valence-electron chi connectivity index (χ2n) is 7.16. The molecule has 4 nitrogen and oxygen atoms in total. The van der Waals surface area contributed by atoms with Crippen LogP contribution in [-0.4, -0.2) is 15.3 Å². The molecule has 26 heavy (non-hydrogen) atoms. The van der Waals surface area contributed by atoms with Crippen molar-refractivity contribution >= 4 is 27.3 Å². The standard InChI is InChI=1S/C21H22N2O2S/c1-12-7-6-8-15(11-12)19-22-20-18(16-9-4-5-10-17(16)26-20)21(25)23(19)13(2)14(3)24/h6-8,11,13H,4-5,9-10H2,1-3H3. The molecule has 5 heteroatoms. The maximum atomic E-state index is 13.5. The molecule has 0 spiro atoms. The van der Waals surface area contributed by atoms with E-state index in [2.05, 4.69) is 0 Å². The largest absolute Gasteiger partial charge is 0.298 e. The molecule has 1 unspecified atom stereocenters. The SMILES string of the molecule is CC(=O)C(C)n1c(-c2cccc(C)c2)nc2sc3c(c2c1=O)CCCC3. The quantitative estimate of drug-likeness (QED) is 0.687. The Bertz CT molecular complexity index is 1080. The molecule has 1 atom stereocenters. The van der Waals surface area contributed by atoms with Crippen LogP contribution >= 0.6 is 11.3 Å². The molecule has 0 N–H and O–H groups in total. The number of rotatable bonds is 3. The van der Waals surface area contributed by atoms with Gasteiger partial charge in [-0.3, -0.25) is 14.2 Å². The Kier molecular flexibility index (Phi) is 4.27. The Morgan fingerprint density at radius 3 is 2.77 bits per heavy atom. The third kappa shape index (κ3) is 2.71. The normalized spacial score (nSPS) is 15.0. The molecule has 0 saturated heterocycles. The van der Waals surface area contributed by atoms with E-state index in [1.54, 1.807) is 22.8 Å².